The summed E-state index contributed by atoms with van der Waals surface area (Å²) in [6, 6.07) is 0.267. The van der Waals surface area contributed by atoms with Crippen molar-refractivity contribution in [3.05, 3.63) is 0 Å². The Morgan fingerprint density at radius 1 is 1.05 bits per heavy atom. The number of piperidine rings is 1. The van der Waals surface area contributed by atoms with E-state index < -0.39 is 0 Å². The highest BCUT2D eigenvalue weighted by Gasteiger charge is 2.29. The molecule has 0 aromatic rings. The maximum Gasteiger partial charge on any atom is 0.225 e. The number of nitrogens with one attached hydrogen (secondary N) is 1. The lowest BCUT2D eigenvalue weighted by molar-refractivity contribution is -0.137. The number of nitrogens with zero attached hydrogens (tertiary/aromatic N) is 1. The largest absolute Gasteiger partial charge is 0.353 e. The summed E-state index contributed by atoms with van der Waals surface area (Å²) >= 11 is 0. The molecule has 0 unspecified atom stereocenters. The predicted molar refractivity (Wildman–Crippen MR) is 74.6 cm³/mol. The Labute approximate surface area is 115 Å². The van der Waals surface area contributed by atoms with Crippen LogP contribution in [0.2, 0.25) is 0 Å². The van der Waals surface area contributed by atoms with Gasteiger partial charge in [-0.25, -0.2) is 0 Å². The second-order valence-corrected chi connectivity index (χ2v) is 5.86. The Morgan fingerprint density at radius 3 is 2.26 bits per heavy atom. The molecule has 1 heterocycles. The van der Waals surface area contributed by atoms with Gasteiger partial charge in [0.15, 0.2) is 0 Å². The SMILES string of the molecule is CCC(=O)NC1CCN(C(=O)C2CCCCC2)CC1. The summed E-state index contributed by atoms with van der Waals surface area (Å²) in [5, 5.41) is 3.03. The van der Waals surface area contributed by atoms with Gasteiger partial charge in [-0.05, 0) is 25.7 Å². The molecule has 0 atom stereocenters. The number of carbonyl (C=O) groups excluding carboxylic acids is 2. The minimum Gasteiger partial charge on any atom is -0.353 e. The summed E-state index contributed by atoms with van der Waals surface area (Å²) in [5.41, 5.74) is 0. The number of hydrogen-bond donors (Lipinski definition) is 1. The van der Waals surface area contributed by atoms with Crippen LogP contribution >= 0.6 is 0 Å². The lowest BCUT2D eigenvalue weighted by Crippen LogP contribution is -2.48. The minimum absolute atomic E-state index is 0.122. The predicted octanol–water partition coefficient (Wildman–Crippen LogP) is 2.08. The summed E-state index contributed by atoms with van der Waals surface area (Å²) in [7, 11) is 0. The van der Waals surface area contributed by atoms with Crippen molar-refractivity contribution in [2.24, 2.45) is 5.92 Å². The van der Waals surface area contributed by atoms with E-state index in [1.54, 1.807) is 0 Å². The van der Waals surface area contributed by atoms with Crippen molar-refractivity contribution in [2.45, 2.75) is 64.3 Å². The summed E-state index contributed by atoms with van der Waals surface area (Å²) in [4.78, 5) is 25.7. The second-order valence-electron chi connectivity index (χ2n) is 5.86. The normalized spacial score (nSPS) is 22.3. The van der Waals surface area contributed by atoms with E-state index in [1.165, 1.54) is 19.3 Å². The third-order valence-corrected chi connectivity index (χ3v) is 4.45. The molecule has 0 radical (unpaired) electrons. The summed E-state index contributed by atoms with van der Waals surface area (Å²) < 4.78 is 0. The van der Waals surface area contributed by atoms with Crippen LogP contribution in [0.1, 0.15) is 58.3 Å². The molecular formula is C15H26N2O2. The number of carbonyl (C=O) groups is 2. The number of amides is 2. The number of likely N-dealkylation sites (tertiary alicyclic amines) is 1. The molecule has 108 valence electrons. The van der Waals surface area contributed by atoms with Gasteiger partial charge in [0.2, 0.25) is 11.8 Å². The maximum atomic E-state index is 12.4. The van der Waals surface area contributed by atoms with Crippen LogP contribution in [0.25, 0.3) is 0 Å². The lowest BCUT2D eigenvalue weighted by Gasteiger charge is -2.35. The van der Waals surface area contributed by atoms with Gasteiger partial charge >= 0.3 is 0 Å². The van der Waals surface area contributed by atoms with Crippen LogP contribution in [0.3, 0.4) is 0 Å². The minimum atomic E-state index is 0.122. The number of hydrogen-bond acceptors (Lipinski definition) is 2. The van der Waals surface area contributed by atoms with Crippen LogP contribution in [-0.2, 0) is 9.59 Å². The molecule has 1 saturated carbocycles. The number of rotatable bonds is 3. The smallest absolute Gasteiger partial charge is 0.225 e. The Kier molecular flexibility index (Phi) is 5.23. The molecular weight excluding hydrogens is 240 g/mol. The molecule has 2 amide bonds. The van der Waals surface area contributed by atoms with Crippen LogP contribution < -0.4 is 5.32 Å². The van der Waals surface area contributed by atoms with E-state index in [0.717, 1.165) is 38.8 Å². The summed E-state index contributed by atoms with van der Waals surface area (Å²) in [6.07, 6.45) is 8.21. The third-order valence-electron chi connectivity index (χ3n) is 4.45. The topological polar surface area (TPSA) is 49.4 Å². The van der Waals surface area contributed by atoms with Gasteiger partial charge in [-0.1, -0.05) is 26.2 Å². The average Bonchev–Trinajstić information content (AvgIpc) is 2.48. The third kappa shape index (κ3) is 3.95. The zero-order valence-electron chi connectivity index (χ0n) is 12.0. The highest BCUT2D eigenvalue weighted by molar-refractivity contribution is 5.79. The fourth-order valence-corrected chi connectivity index (χ4v) is 3.18. The molecule has 2 aliphatic rings. The first kappa shape index (κ1) is 14.4. The van der Waals surface area contributed by atoms with E-state index in [2.05, 4.69) is 5.32 Å². The van der Waals surface area contributed by atoms with Gasteiger partial charge in [0.25, 0.3) is 0 Å². The van der Waals surface area contributed by atoms with E-state index in [-0.39, 0.29) is 17.9 Å². The fourth-order valence-electron chi connectivity index (χ4n) is 3.18. The molecule has 1 N–H and O–H groups in total. The second kappa shape index (κ2) is 6.92. The molecule has 0 bridgehead atoms. The molecule has 19 heavy (non-hydrogen) atoms. The van der Waals surface area contributed by atoms with Crippen molar-refractivity contribution in [3.8, 4) is 0 Å². The van der Waals surface area contributed by atoms with Crippen LogP contribution in [0.15, 0.2) is 0 Å². The summed E-state index contributed by atoms with van der Waals surface area (Å²) in [5.74, 6) is 0.757. The molecule has 0 aromatic carbocycles. The molecule has 0 spiro atoms. The first-order chi connectivity index (χ1) is 9.20. The Bertz CT molecular complexity index is 316. The fraction of sp³-hybridized carbons (Fsp3) is 0.867. The monoisotopic (exact) mass is 266 g/mol. The van der Waals surface area contributed by atoms with Gasteiger partial charge in [-0.3, -0.25) is 9.59 Å². The lowest BCUT2D eigenvalue weighted by atomic mass is 9.87. The van der Waals surface area contributed by atoms with Crippen LogP contribution in [0.5, 0.6) is 0 Å². The summed E-state index contributed by atoms with van der Waals surface area (Å²) in [6.45, 7) is 3.49. The van der Waals surface area contributed by atoms with E-state index in [0.29, 0.717) is 12.3 Å². The Hall–Kier alpha value is -1.06. The first-order valence-electron chi connectivity index (χ1n) is 7.79. The molecule has 0 aromatic heterocycles. The Balaban J connectivity index is 1.76. The van der Waals surface area contributed by atoms with E-state index >= 15 is 0 Å². The van der Waals surface area contributed by atoms with Crippen LogP contribution in [0.4, 0.5) is 0 Å². The van der Waals surface area contributed by atoms with Crippen LogP contribution in [-0.4, -0.2) is 35.8 Å². The van der Waals surface area contributed by atoms with Crippen molar-refractivity contribution >= 4 is 11.8 Å². The van der Waals surface area contributed by atoms with Crippen molar-refractivity contribution in [3.63, 3.8) is 0 Å². The van der Waals surface area contributed by atoms with Gasteiger partial charge in [0.1, 0.15) is 0 Å². The standard InChI is InChI=1S/C15H26N2O2/c1-2-14(18)16-13-8-10-17(11-9-13)15(19)12-6-4-3-5-7-12/h12-13H,2-11H2,1H3,(H,16,18). The molecule has 2 fully saturated rings. The van der Waals surface area contributed by atoms with Crippen LogP contribution in [0, 0.1) is 5.92 Å². The molecule has 1 aliphatic heterocycles. The highest BCUT2D eigenvalue weighted by atomic mass is 16.2. The maximum absolute atomic E-state index is 12.4. The van der Waals surface area contributed by atoms with E-state index in [9.17, 15) is 9.59 Å². The van der Waals surface area contributed by atoms with E-state index in [1.807, 2.05) is 11.8 Å². The first-order valence-corrected chi connectivity index (χ1v) is 7.79. The van der Waals surface area contributed by atoms with Gasteiger partial charge in [0, 0.05) is 31.5 Å². The van der Waals surface area contributed by atoms with Crippen molar-refractivity contribution in [1.82, 2.24) is 10.2 Å². The molecule has 4 nitrogen and oxygen atoms in total. The zero-order valence-corrected chi connectivity index (χ0v) is 12.0. The highest BCUT2D eigenvalue weighted by Crippen LogP contribution is 2.26. The molecule has 1 aliphatic carbocycles. The molecule has 2 rings (SSSR count). The molecule has 4 heteroatoms. The van der Waals surface area contributed by atoms with Crippen molar-refractivity contribution in [2.75, 3.05) is 13.1 Å². The van der Waals surface area contributed by atoms with Gasteiger partial charge in [-0.15, -0.1) is 0 Å². The Morgan fingerprint density at radius 2 is 1.68 bits per heavy atom. The quantitative estimate of drug-likeness (QED) is 0.850. The zero-order chi connectivity index (χ0) is 13.7. The van der Waals surface area contributed by atoms with Gasteiger partial charge in [0.05, 0.1) is 0 Å². The van der Waals surface area contributed by atoms with Gasteiger partial charge in [-0.2, -0.15) is 0 Å². The van der Waals surface area contributed by atoms with E-state index in [4.69, 9.17) is 0 Å². The van der Waals surface area contributed by atoms with Crippen molar-refractivity contribution < 1.29 is 9.59 Å². The van der Waals surface area contributed by atoms with Crippen molar-refractivity contribution in [1.29, 1.82) is 0 Å². The molecule has 1 saturated heterocycles. The average molecular weight is 266 g/mol. The van der Waals surface area contributed by atoms with Gasteiger partial charge < -0.3 is 10.2 Å².